The van der Waals surface area contributed by atoms with Crippen molar-refractivity contribution in [3.05, 3.63) is 29.8 Å². The Balaban J connectivity index is 0.000001000. The van der Waals surface area contributed by atoms with E-state index in [4.69, 9.17) is 0 Å². The van der Waals surface area contributed by atoms with Crippen molar-refractivity contribution in [2.75, 3.05) is 13.1 Å². The number of nitrogens with one attached hydrogen (secondary N) is 1. The second-order valence-corrected chi connectivity index (χ2v) is 5.14. The Morgan fingerprint density at radius 2 is 2.25 bits per heavy atom. The molecule has 0 aromatic carbocycles. The quantitative estimate of drug-likeness (QED) is 0.937. The molecule has 0 aliphatic carbocycles. The smallest absolute Gasteiger partial charge is 0.142 e. The zero-order chi connectivity index (χ0) is 12.5. The number of hydrogen-bond donors (Lipinski definition) is 1. The van der Waals surface area contributed by atoms with Gasteiger partial charge in [0.15, 0.2) is 0 Å². The molecule has 1 aliphatic heterocycles. The van der Waals surface area contributed by atoms with Crippen molar-refractivity contribution in [2.24, 2.45) is 0 Å². The third kappa shape index (κ3) is 3.43. The minimum atomic E-state index is -0.266. The predicted octanol–water partition coefficient (Wildman–Crippen LogP) is 3.57. The van der Waals surface area contributed by atoms with Gasteiger partial charge in [0.2, 0.25) is 0 Å². The Hall–Kier alpha value is -0.840. The van der Waals surface area contributed by atoms with Crippen LogP contribution in [0.25, 0.3) is 11.0 Å². The molecular formula is C14H20Cl2FN3. The van der Waals surface area contributed by atoms with Crippen molar-refractivity contribution in [3.8, 4) is 0 Å². The van der Waals surface area contributed by atoms with Crippen LogP contribution >= 0.6 is 24.8 Å². The number of likely N-dealkylation sites (tertiary alicyclic amines) is 1. The number of rotatable bonds is 3. The average molecular weight is 320 g/mol. The molecule has 1 N–H and O–H groups in total. The zero-order valence-electron chi connectivity index (χ0n) is 11.4. The molecule has 0 radical (unpaired) electrons. The summed E-state index contributed by atoms with van der Waals surface area (Å²) >= 11 is 0. The van der Waals surface area contributed by atoms with E-state index >= 15 is 0 Å². The molecule has 2 aromatic heterocycles. The van der Waals surface area contributed by atoms with E-state index in [1.165, 1.54) is 25.6 Å². The molecule has 20 heavy (non-hydrogen) atoms. The van der Waals surface area contributed by atoms with Gasteiger partial charge in [0.05, 0.1) is 6.20 Å². The molecule has 1 atom stereocenters. The summed E-state index contributed by atoms with van der Waals surface area (Å²) < 4.78 is 13.2. The Kier molecular flexibility index (Phi) is 6.24. The van der Waals surface area contributed by atoms with Crippen LogP contribution in [-0.2, 0) is 6.42 Å². The summed E-state index contributed by atoms with van der Waals surface area (Å²) in [5.74, 6) is -0.266. The summed E-state index contributed by atoms with van der Waals surface area (Å²) in [6.07, 6.45) is 6.76. The molecule has 0 saturated carbocycles. The summed E-state index contributed by atoms with van der Waals surface area (Å²) in [5, 5.41) is 0.918. The minimum Gasteiger partial charge on any atom is -0.346 e. The van der Waals surface area contributed by atoms with Gasteiger partial charge < -0.3 is 9.88 Å². The summed E-state index contributed by atoms with van der Waals surface area (Å²) in [5.41, 5.74) is 1.94. The fraction of sp³-hybridized carbons (Fsp3) is 0.500. The minimum absolute atomic E-state index is 0. The van der Waals surface area contributed by atoms with E-state index in [1.807, 2.05) is 6.20 Å². The van der Waals surface area contributed by atoms with Crippen LogP contribution in [0.5, 0.6) is 0 Å². The van der Waals surface area contributed by atoms with Gasteiger partial charge in [-0.15, -0.1) is 24.8 Å². The maximum Gasteiger partial charge on any atom is 0.142 e. The lowest BCUT2D eigenvalue weighted by Gasteiger charge is -2.20. The molecule has 0 unspecified atom stereocenters. The standard InChI is InChI=1S/C14H18FN3.2ClH/c1-10-3-2-5-18(10)6-4-11-8-16-14-13(11)7-12(15)9-17-14;;/h7-10H,2-6H2,1H3,(H,16,17);2*1H/t10-;;/m1../s1. The lowest BCUT2D eigenvalue weighted by Crippen LogP contribution is -2.28. The first kappa shape index (κ1) is 17.2. The van der Waals surface area contributed by atoms with E-state index < -0.39 is 0 Å². The molecule has 0 amide bonds. The second kappa shape index (κ2) is 7.25. The first-order valence-corrected chi connectivity index (χ1v) is 6.59. The summed E-state index contributed by atoms with van der Waals surface area (Å²) in [4.78, 5) is 9.66. The number of nitrogens with zero attached hydrogens (tertiary/aromatic N) is 2. The molecule has 1 fully saturated rings. The highest BCUT2D eigenvalue weighted by Gasteiger charge is 2.19. The fourth-order valence-electron chi connectivity index (χ4n) is 2.83. The third-order valence-corrected chi connectivity index (χ3v) is 3.94. The van der Waals surface area contributed by atoms with Crippen molar-refractivity contribution < 1.29 is 4.39 Å². The van der Waals surface area contributed by atoms with Crippen LogP contribution in [0, 0.1) is 5.82 Å². The molecule has 3 nitrogen and oxygen atoms in total. The van der Waals surface area contributed by atoms with Gasteiger partial charge in [-0.25, -0.2) is 9.37 Å². The highest BCUT2D eigenvalue weighted by molar-refractivity contribution is 5.85. The van der Waals surface area contributed by atoms with Gasteiger partial charge in [-0.1, -0.05) is 0 Å². The third-order valence-electron chi connectivity index (χ3n) is 3.94. The van der Waals surface area contributed by atoms with Gasteiger partial charge in [-0.2, -0.15) is 0 Å². The molecule has 0 bridgehead atoms. The van der Waals surface area contributed by atoms with E-state index in [-0.39, 0.29) is 30.6 Å². The van der Waals surface area contributed by atoms with E-state index in [2.05, 4.69) is 21.8 Å². The van der Waals surface area contributed by atoms with Crippen LogP contribution in [0.4, 0.5) is 4.39 Å². The van der Waals surface area contributed by atoms with Crippen molar-refractivity contribution in [3.63, 3.8) is 0 Å². The van der Waals surface area contributed by atoms with Crippen molar-refractivity contribution in [1.29, 1.82) is 0 Å². The molecule has 3 rings (SSSR count). The predicted molar refractivity (Wildman–Crippen MR) is 84.5 cm³/mol. The number of H-pyrrole nitrogens is 1. The SMILES string of the molecule is C[C@@H]1CCCN1CCc1c[nH]c2ncc(F)cc12.Cl.Cl. The van der Waals surface area contributed by atoms with Crippen LogP contribution in [0.3, 0.4) is 0 Å². The number of aromatic amines is 1. The number of halogens is 3. The Bertz CT molecular complexity index is 558. The van der Waals surface area contributed by atoms with Gasteiger partial charge in [-0.05, 0) is 44.4 Å². The molecule has 3 heterocycles. The first-order chi connectivity index (χ1) is 8.74. The number of aromatic nitrogens is 2. The van der Waals surface area contributed by atoms with Crippen LogP contribution in [0.1, 0.15) is 25.3 Å². The molecule has 112 valence electrons. The highest BCUT2D eigenvalue weighted by Crippen LogP contribution is 2.20. The maximum atomic E-state index is 13.2. The summed E-state index contributed by atoms with van der Waals surface area (Å²) in [7, 11) is 0. The number of pyridine rings is 1. The Labute approximate surface area is 130 Å². The van der Waals surface area contributed by atoms with Crippen molar-refractivity contribution >= 4 is 35.8 Å². The number of fused-ring (bicyclic) bond motifs is 1. The summed E-state index contributed by atoms with van der Waals surface area (Å²) in [6, 6.07) is 2.26. The maximum absolute atomic E-state index is 13.2. The zero-order valence-corrected chi connectivity index (χ0v) is 13.1. The monoisotopic (exact) mass is 319 g/mol. The van der Waals surface area contributed by atoms with Gasteiger partial charge in [0.1, 0.15) is 11.5 Å². The lowest BCUT2D eigenvalue weighted by atomic mass is 10.1. The van der Waals surface area contributed by atoms with Crippen LogP contribution in [0.2, 0.25) is 0 Å². The molecule has 0 spiro atoms. The summed E-state index contributed by atoms with van der Waals surface area (Å²) in [6.45, 7) is 4.52. The highest BCUT2D eigenvalue weighted by atomic mass is 35.5. The number of hydrogen-bond acceptors (Lipinski definition) is 2. The van der Waals surface area contributed by atoms with E-state index in [9.17, 15) is 4.39 Å². The van der Waals surface area contributed by atoms with E-state index in [1.54, 1.807) is 6.07 Å². The Morgan fingerprint density at radius 1 is 1.45 bits per heavy atom. The van der Waals surface area contributed by atoms with Crippen LogP contribution in [0.15, 0.2) is 18.5 Å². The second-order valence-electron chi connectivity index (χ2n) is 5.14. The van der Waals surface area contributed by atoms with Gasteiger partial charge in [0.25, 0.3) is 0 Å². The topological polar surface area (TPSA) is 31.9 Å². The molecule has 2 aromatic rings. The van der Waals surface area contributed by atoms with Crippen LogP contribution in [-0.4, -0.2) is 34.0 Å². The fourth-order valence-corrected chi connectivity index (χ4v) is 2.83. The normalized spacial score (nSPS) is 18.8. The van der Waals surface area contributed by atoms with Gasteiger partial charge in [-0.3, -0.25) is 0 Å². The first-order valence-electron chi connectivity index (χ1n) is 6.59. The van der Waals surface area contributed by atoms with Crippen LogP contribution < -0.4 is 0 Å². The van der Waals surface area contributed by atoms with Gasteiger partial charge in [0, 0.05) is 24.2 Å². The van der Waals surface area contributed by atoms with E-state index in [0.29, 0.717) is 6.04 Å². The average Bonchev–Trinajstić information content (AvgIpc) is 2.93. The molecular weight excluding hydrogens is 300 g/mol. The van der Waals surface area contributed by atoms with Crippen molar-refractivity contribution in [2.45, 2.75) is 32.2 Å². The van der Waals surface area contributed by atoms with E-state index in [0.717, 1.165) is 29.6 Å². The lowest BCUT2D eigenvalue weighted by molar-refractivity contribution is 0.272. The van der Waals surface area contributed by atoms with Crippen molar-refractivity contribution in [1.82, 2.24) is 14.9 Å². The Morgan fingerprint density at radius 3 is 2.95 bits per heavy atom. The molecule has 1 saturated heterocycles. The molecule has 6 heteroatoms. The largest absolute Gasteiger partial charge is 0.346 e. The van der Waals surface area contributed by atoms with Gasteiger partial charge >= 0.3 is 0 Å². The molecule has 1 aliphatic rings.